The topological polar surface area (TPSA) is 89.1 Å². The van der Waals surface area contributed by atoms with Gasteiger partial charge in [-0.3, -0.25) is 0 Å². The molecule has 0 saturated heterocycles. The van der Waals surface area contributed by atoms with E-state index in [1.165, 1.54) is 6.20 Å². The number of quaternary nitrogens is 1. The van der Waals surface area contributed by atoms with Crippen LogP contribution in [0.1, 0.15) is 11.8 Å². The van der Waals surface area contributed by atoms with Gasteiger partial charge in [0.25, 0.3) is 0 Å². The van der Waals surface area contributed by atoms with Crippen LogP contribution < -0.4 is 0 Å². The van der Waals surface area contributed by atoms with Crippen LogP contribution in [0.4, 0.5) is 0 Å². The molecule has 0 amide bonds. The van der Waals surface area contributed by atoms with Crippen molar-refractivity contribution in [1.82, 2.24) is 9.97 Å². The van der Waals surface area contributed by atoms with Crippen molar-refractivity contribution in [3.8, 4) is 0 Å². The van der Waals surface area contributed by atoms with Crippen molar-refractivity contribution < 1.29 is 19.5 Å². The normalized spacial score (nSPS) is 15.8. The second kappa shape index (κ2) is 4.36. The van der Waals surface area contributed by atoms with Gasteiger partial charge in [0.05, 0.1) is 26.8 Å². The zero-order valence-electron chi connectivity index (χ0n) is 9.39. The quantitative estimate of drug-likeness (QED) is 0.453. The van der Waals surface area contributed by atoms with Gasteiger partial charge < -0.3 is 24.7 Å². The van der Waals surface area contributed by atoms with Gasteiger partial charge in [0.2, 0.25) is 6.04 Å². The molecule has 0 spiro atoms. The maximum absolute atomic E-state index is 11.1. The summed E-state index contributed by atoms with van der Waals surface area (Å²) in [4.78, 5) is 16.6. The van der Waals surface area contributed by atoms with E-state index in [2.05, 4.69) is 9.97 Å². The molecule has 0 aliphatic rings. The number of nitrogens with one attached hydrogen (secondary N) is 2. The first kappa shape index (κ1) is 12.9. The van der Waals surface area contributed by atoms with Gasteiger partial charge in [-0.2, -0.15) is 0 Å². The van der Waals surface area contributed by atoms with Gasteiger partial charge in [0, 0.05) is 6.20 Å². The number of aromatic amines is 2. The lowest BCUT2D eigenvalue weighted by molar-refractivity contribution is -0.891. The van der Waals surface area contributed by atoms with Crippen LogP contribution in [0.2, 0.25) is 0 Å². The number of aliphatic hydroxyl groups is 1. The average Bonchev–Trinajstić information content (AvgIpc) is 2.48. The number of hydrogen-bond donors (Lipinski definition) is 4. The van der Waals surface area contributed by atoms with Crippen molar-refractivity contribution in [3.05, 3.63) is 16.7 Å². The monoisotopic (exact) mass is 246 g/mol. The molecule has 16 heavy (non-hydrogen) atoms. The number of likely N-dealkylation sites (N-methyl/N-ethyl adjacent to an activating group) is 1. The van der Waals surface area contributed by atoms with Gasteiger partial charge in [-0.1, -0.05) is 0 Å². The first-order valence-corrected chi connectivity index (χ1v) is 5.14. The van der Waals surface area contributed by atoms with Gasteiger partial charge in [-0.25, -0.2) is 4.79 Å². The fourth-order valence-electron chi connectivity index (χ4n) is 1.57. The van der Waals surface area contributed by atoms with Crippen molar-refractivity contribution in [1.29, 1.82) is 0 Å². The third kappa shape index (κ3) is 2.69. The summed E-state index contributed by atoms with van der Waals surface area (Å²) in [6.45, 7) is 0. The number of carboxylic acids is 1. The molecule has 0 radical (unpaired) electrons. The summed E-state index contributed by atoms with van der Waals surface area (Å²) in [5.41, 5.74) is 0.380. The summed E-state index contributed by atoms with van der Waals surface area (Å²) in [7, 11) is 5.13. The smallest absolute Gasteiger partial charge is 0.365 e. The zero-order valence-corrected chi connectivity index (χ0v) is 10.2. The Balaban J connectivity index is 3.05. The fourth-order valence-corrected chi connectivity index (χ4v) is 1.74. The van der Waals surface area contributed by atoms with E-state index in [-0.39, 0.29) is 4.48 Å². The van der Waals surface area contributed by atoms with Crippen LogP contribution in [0.3, 0.4) is 0 Å². The second-order valence-electron chi connectivity index (χ2n) is 4.54. The average molecular weight is 246 g/mol. The minimum Gasteiger partial charge on any atom is -0.477 e. The molecule has 6 nitrogen and oxygen atoms in total. The predicted molar refractivity (Wildman–Crippen MR) is 60.4 cm³/mol. The number of aliphatic carboxylic acids is 1. The first-order valence-electron chi connectivity index (χ1n) is 4.73. The number of aromatic nitrogens is 2. The van der Waals surface area contributed by atoms with E-state index in [0.29, 0.717) is 10.5 Å². The molecule has 90 valence electrons. The number of aliphatic hydroxyl groups excluding tert-OH is 1. The molecular formula is C9H16N3O3S+. The lowest BCUT2D eigenvalue weighted by Gasteiger charge is -2.33. The summed E-state index contributed by atoms with van der Waals surface area (Å²) >= 11 is 4.82. The van der Waals surface area contributed by atoms with E-state index >= 15 is 0 Å². The van der Waals surface area contributed by atoms with Crippen molar-refractivity contribution in [2.45, 2.75) is 12.1 Å². The molecule has 0 unspecified atom stereocenters. The zero-order chi connectivity index (χ0) is 12.5. The van der Waals surface area contributed by atoms with Gasteiger partial charge in [-0.05, 0) is 12.2 Å². The largest absolute Gasteiger partial charge is 0.477 e. The van der Waals surface area contributed by atoms with Crippen LogP contribution >= 0.6 is 12.2 Å². The molecule has 0 bridgehead atoms. The van der Waals surface area contributed by atoms with E-state index in [0.717, 1.165) is 0 Å². The summed E-state index contributed by atoms with van der Waals surface area (Å²) in [6, 6.07) is -0.957. The first-order chi connectivity index (χ1) is 7.23. The predicted octanol–water partition coefficient (Wildman–Crippen LogP) is 0.265. The van der Waals surface area contributed by atoms with Crippen LogP contribution in [0.15, 0.2) is 6.20 Å². The van der Waals surface area contributed by atoms with E-state index in [4.69, 9.17) is 17.3 Å². The number of imidazole rings is 1. The van der Waals surface area contributed by atoms with Crippen LogP contribution in [0.25, 0.3) is 0 Å². The van der Waals surface area contributed by atoms with Crippen molar-refractivity contribution in [2.24, 2.45) is 0 Å². The minimum atomic E-state index is -1.13. The highest BCUT2D eigenvalue weighted by molar-refractivity contribution is 7.71. The summed E-state index contributed by atoms with van der Waals surface area (Å²) in [5, 5.41) is 19.1. The van der Waals surface area contributed by atoms with Crippen molar-refractivity contribution >= 4 is 18.2 Å². The van der Waals surface area contributed by atoms with Crippen molar-refractivity contribution in [2.75, 3.05) is 21.1 Å². The Morgan fingerprint density at radius 1 is 1.50 bits per heavy atom. The third-order valence-corrected chi connectivity index (χ3v) is 2.54. The van der Waals surface area contributed by atoms with Crippen LogP contribution in [0.5, 0.6) is 0 Å². The highest BCUT2D eigenvalue weighted by Gasteiger charge is 2.39. The van der Waals surface area contributed by atoms with E-state index in [9.17, 15) is 9.90 Å². The molecule has 0 fully saturated rings. The van der Waals surface area contributed by atoms with Crippen LogP contribution in [0, 0.1) is 4.77 Å². The standard InChI is InChI=1S/C9H15N3O3S/c1-12(2,3)6(8(14)15)7(13)5-4-10-9(16)11-5/h4,6-7,13H,1-3H3,(H2-,10,11,14,15,16)/p+1/t6-,7-/m1/s1. The maximum Gasteiger partial charge on any atom is 0.365 e. The number of carboxylic acid groups (broad SMARTS) is 1. The molecule has 1 aromatic rings. The van der Waals surface area contributed by atoms with Gasteiger partial charge in [-0.15, -0.1) is 0 Å². The van der Waals surface area contributed by atoms with E-state index in [1.807, 2.05) is 0 Å². The Labute approximate surface area is 98.1 Å². The number of nitrogens with zero attached hydrogens (tertiary/aromatic N) is 1. The molecule has 1 heterocycles. The Kier molecular flexibility index (Phi) is 3.51. The van der Waals surface area contributed by atoms with Gasteiger partial charge >= 0.3 is 5.97 Å². The molecule has 0 saturated carbocycles. The van der Waals surface area contributed by atoms with Crippen molar-refractivity contribution in [3.63, 3.8) is 0 Å². The molecule has 1 rings (SSSR count). The number of rotatable bonds is 4. The Morgan fingerprint density at radius 3 is 2.38 bits per heavy atom. The Hall–Kier alpha value is -1.18. The molecule has 4 N–H and O–H groups in total. The number of hydrogen-bond acceptors (Lipinski definition) is 3. The SMILES string of the molecule is C[N+](C)(C)[C@@H](C(=O)O)[C@H](O)c1c[nH]c(=S)[nH]1. The van der Waals surface area contributed by atoms with E-state index in [1.54, 1.807) is 21.1 Å². The molecule has 0 aromatic carbocycles. The number of H-pyrrole nitrogens is 2. The molecule has 2 atom stereocenters. The molecule has 7 heteroatoms. The highest BCUT2D eigenvalue weighted by Crippen LogP contribution is 2.21. The molecule has 0 aliphatic carbocycles. The molecule has 1 aromatic heterocycles. The Bertz CT molecular complexity index is 432. The Morgan fingerprint density at radius 2 is 2.06 bits per heavy atom. The molecule has 0 aliphatic heterocycles. The highest BCUT2D eigenvalue weighted by atomic mass is 32.1. The van der Waals surface area contributed by atoms with Gasteiger partial charge in [0.15, 0.2) is 10.9 Å². The molecular weight excluding hydrogens is 230 g/mol. The fraction of sp³-hybridized carbons (Fsp3) is 0.556. The number of carbonyl (C=O) groups is 1. The summed E-state index contributed by atoms with van der Waals surface area (Å²) in [5.74, 6) is -1.06. The van der Waals surface area contributed by atoms with Crippen LogP contribution in [-0.2, 0) is 4.79 Å². The lowest BCUT2D eigenvalue weighted by Crippen LogP contribution is -2.53. The lowest BCUT2D eigenvalue weighted by atomic mass is 10.1. The third-order valence-electron chi connectivity index (χ3n) is 2.32. The second-order valence-corrected chi connectivity index (χ2v) is 4.95. The summed E-state index contributed by atoms with van der Waals surface area (Å²) < 4.78 is 0.474. The van der Waals surface area contributed by atoms with Gasteiger partial charge in [0.1, 0.15) is 0 Å². The minimum absolute atomic E-state index is 0.113. The maximum atomic E-state index is 11.1. The van der Waals surface area contributed by atoms with Crippen LogP contribution in [-0.4, -0.2) is 57.8 Å². The summed E-state index contributed by atoms with van der Waals surface area (Å²) in [6.07, 6.45) is 0.351. The van der Waals surface area contributed by atoms with E-state index < -0.39 is 18.1 Å².